The van der Waals surface area contributed by atoms with Crippen molar-refractivity contribution in [3.63, 3.8) is 0 Å². The molecule has 4 heterocycles. The molecule has 1 aliphatic heterocycles. The standard InChI is InChI=1S/C58H57N3O4S3/c1-5-9-14-38(7-3)34-40-20-26-46(27-21-40)61(45-16-12-11-13-17-45)47-28-24-43(25-29-47)49-31-33-51(67-49)55-53-52(56(62)60(57(53)63)37-39(8-4)15-10-6-2)54(68-55)50-32-30-48(66-50)42-22-18-41(19-23-42)35-44(36-59)58(64)65/h11-13,16-33,35,38-39H,5-10,14-15,34,37H2,1-4H3,(H,64,65)/b44-35+. The summed E-state index contributed by atoms with van der Waals surface area (Å²) < 4.78 is 0. The molecule has 0 fully saturated rings. The molecule has 7 aromatic rings. The first-order valence-corrected chi connectivity index (χ1v) is 26.3. The fourth-order valence-corrected chi connectivity index (χ4v) is 12.6. The fourth-order valence-electron chi connectivity index (χ4n) is 9.03. The molecule has 2 unspecified atom stereocenters. The molecule has 1 N–H and O–H groups in total. The lowest BCUT2D eigenvalue weighted by Gasteiger charge is -2.26. The van der Waals surface area contributed by atoms with Crippen LogP contribution in [0.3, 0.4) is 0 Å². The quantitative estimate of drug-likeness (QED) is 0.0437. The van der Waals surface area contributed by atoms with E-state index < -0.39 is 5.97 Å². The molecular weight excluding hydrogens is 899 g/mol. The van der Waals surface area contributed by atoms with Gasteiger partial charge in [-0.2, -0.15) is 5.26 Å². The molecule has 346 valence electrons. The average Bonchev–Trinajstić information content (AvgIpc) is 4.18. The number of imide groups is 1. The number of carbonyl (C=O) groups excluding carboxylic acids is 2. The molecule has 0 aliphatic carbocycles. The Labute approximate surface area is 412 Å². The van der Waals surface area contributed by atoms with Gasteiger partial charge in [-0.05, 0) is 114 Å². The van der Waals surface area contributed by atoms with Gasteiger partial charge >= 0.3 is 5.97 Å². The van der Waals surface area contributed by atoms with Crippen molar-refractivity contribution in [3.05, 3.63) is 155 Å². The van der Waals surface area contributed by atoms with E-state index in [1.807, 2.05) is 30.3 Å². The van der Waals surface area contributed by atoms with E-state index in [-0.39, 0.29) is 23.3 Å². The highest BCUT2D eigenvalue weighted by atomic mass is 32.1. The number of nitriles is 1. The van der Waals surface area contributed by atoms with Crippen molar-refractivity contribution in [1.29, 1.82) is 5.26 Å². The van der Waals surface area contributed by atoms with Gasteiger partial charge in [-0.3, -0.25) is 14.5 Å². The lowest BCUT2D eigenvalue weighted by molar-refractivity contribution is -0.132. The first kappa shape index (κ1) is 48.1. The second kappa shape index (κ2) is 22.2. The van der Waals surface area contributed by atoms with Crippen molar-refractivity contribution in [3.8, 4) is 46.5 Å². The third-order valence-electron chi connectivity index (χ3n) is 13.0. The van der Waals surface area contributed by atoms with E-state index in [0.717, 1.165) is 89.6 Å². The van der Waals surface area contributed by atoms with E-state index in [9.17, 15) is 24.8 Å². The number of aliphatic carboxylic acids is 1. The maximum absolute atomic E-state index is 14.6. The van der Waals surface area contributed by atoms with Crippen LogP contribution < -0.4 is 4.90 Å². The molecule has 2 atom stereocenters. The van der Waals surface area contributed by atoms with Crippen LogP contribution in [0, 0.1) is 23.2 Å². The molecule has 10 heteroatoms. The monoisotopic (exact) mass is 955 g/mol. The second-order valence-corrected chi connectivity index (χ2v) is 20.8. The number of amides is 2. The van der Waals surface area contributed by atoms with Gasteiger partial charge in [0.25, 0.3) is 11.8 Å². The van der Waals surface area contributed by atoms with Crippen LogP contribution in [-0.4, -0.2) is 34.3 Å². The summed E-state index contributed by atoms with van der Waals surface area (Å²) in [4.78, 5) is 49.8. The van der Waals surface area contributed by atoms with Crippen molar-refractivity contribution in [2.24, 2.45) is 11.8 Å². The number of carboxylic acids is 1. The number of benzene rings is 4. The number of carbonyl (C=O) groups is 3. The summed E-state index contributed by atoms with van der Waals surface area (Å²) >= 11 is 4.70. The van der Waals surface area contributed by atoms with Gasteiger partial charge in [-0.1, -0.05) is 139 Å². The third-order valence-corrected chi connectivity index (χ3v) is 16.8. The molecular formula is C58H57N3O4S3. The van der Waals surface area contributed by atoms with Crippen LogP contribution in [0.1, 0.15) is 111 Å². The predicted molar refractivity (Wildman–Crippen MR) is 283 cm³/mol. The van der Waals surface area contributed by atoms with Crippen LogP contribution in [0.4, 0.5) is 17.1 Å². The summed E-state index contributed by atoms with van der Waals surface area (Å²) in [6.45, 7) is 9.28. The molecule has 0 spiro atoms. The molecule has 68 heavy (non-hydrogen) atoms. The molecule has 0 saturated carbocycles. The lowest BCUT2D eigenvalue weighted by atomic mass is 9.92. The van der Waals surface area contributed by atoms with Crippen molar-refractivity contribution in [1.82, 2.24) is 4.90 Å². The number of para-hydroxylation sites is 1. The Balaban J connectivity index is 1.10. The minimum absolute atomic E-state index is 0.217. The van der Waals surface area contributed by atoms with E-state index in [2.05, 4.69) is 118 Å². The van der Waals surface area contributed by atoms with Gasteiger partial charge in [-0.25, -0.2) is 4.79 Å². The largest absolute Gasteiger partial charge is 0.477 e. The highest BCUT2D eigenvalue weighted by Crippen LogP contribution is 2.51. The van der Waals surface area contributed by atoms with Gasteiger partial charge in [0.2, 0.25) is 0 Å². The van der Waals surface area contributed by atoms with E-state index in [0.29, 0.717) is 29.2 Å². The summed E-state index contributed by atoms with van der Waals surface area (Å²) in [5.41, 5.74) is 7.88. The van der Waals surface area contributed by atoms with Crippen molar-refractivity contribution < 1.29 is 19.5 Å². The topological polar surface area (TPSA) is 102 Å². The number of unbranched alkanes of at least 4 members (excludes halogenated alkanes) is 2. The van der Waals surface area contributed by atoms with Crippen LogP contribution in [0.5, 0.6) is 0 Å². The summed E-state index contributed by atoms with van der Waals surface area (Å²) in [5.74, 6) is -0.774. The molecule has 0 saturated heterocycles. The summed E-state index contributed by atoms with van der Waals surface area (Å²) in [6.07, 6.45) is 11.4. The minimum Gasteiger partial charge on any atom is -0.477 e. The Morgan fingerprint density at radius 3 is 1.62 bits per heavy atom. The highest BCUT2D eigenvalue weighted by molar-refractivity contribution is 7.28. The summed E-state index contributed by atoms with van der Waals surface area (Å²) in [6, 6.07) is 45.6. The Bertz CT molecular complexity index is 2940. The number of rotatable bonds is 21. The van der Waals surface area contributed by atoms with Crippen molar-refractivity contribution >= 4 is 74.9 Å². The summed E-state index contributed by atoms with van der Waals surface area (Å²) in [5, 5.41) is 18.5. The van der Waals surface area contributed by atoms with Gasteiger partial charge in [0.1, 0.15) is 11.6 Å². The molecule has 2 amide bonds. The zero-order valence-electron chi connectivity index (χ0n) is 39.2. The van der Waals surface area contributed by atoms with E-state index in [1.165, 1.54) is 53.6 Å². The Kier molecular flexibility index (Phi) is 15.7. The van der Waals surface area contributed by atoms with Crippen LogP contribution in [0.15, 0.2) is 133 Å². The second-order valence-electron chi connectivity index (χ2n) is 17.6. The lowest BCUT2D eigenvalue weighted by Crippen LogP contribution is -2.34. The Morgan fingerprint density at radius 2 is 1.12 bits per heavy atom. The fraction of sp³-hybridized carbons (Fsp3) is 0.276. The molecule has 4 aromatic carbocycles. The number of thiophene rings is 3. The number of carboxylic acid groups (broad SMARTS) is 1. The smallest absolute Gasteiger partial charge is 0.346 e. The molecule has 8 rings (SSSR count). The number of anilines is 3. The zero-order valence-corrected chi connectivity index (χ0v) is 41.6. The molecule has 0 bridgehead atoms. The van der Waals surface area contributed by atoms with Gasteiger partial charge in [0.05, 0.1) is 20.9 Å². The Hall–Kier alpha value is -6.38. The number of nitrogens with zero attached hydrogens (tertiary/aromatic N) is 3. The maximum Gasteiger partial charge on any atom is 0.346 e. The van der Waals surface area contributed by atoms with E-state index >= 15 is 0 Å². The first-order chi connectivity index (χ1) is 33.1. The maximum atomic E-state index is 14.6. The van der Waals surface area contributed by atoms with Gasteiger partial charge in [0.15, 0.2) is 0 Å². The van der Waals surface area contributed by atoms with Crippen LogP contribution in [0.25, 0.3) is 46.5 Å². The van der Waals surface area contributed by atoms with Crippen LogP contribution in [0.2, 0.25) is 0 Å². The molecule has 7 nitrogen and oxygen atoms in total. The minimum atomic E-state index is -1.27. The van der Waals surface area contributed by atoms with Gasteiger partial charge in [0, 0.05) is 43.1 Å². The number of hydrogen-bond donors (Lipinski definition) is 1. The van der Waals surface area contributed by atoms with Crippen molar-refractivity contribution in [2.75, 3.05) is 11.4 Å². The number of fused-ring (bicyclic) bond motifs is 1. The molecule has 1 aliphatic rings. The highest BCUT2D eigenvalue weighted by Gasteiger charge is 2.43. The molecule has 3 aromatic heterocycles. The van der Waals surface area contributed by atoms with Gasteiger partial charge < -0.3 is 10.0 Å². The summed E-state index contributed by atoms with van der Waals surface area (Å²) in [7, 11) is 0. The molecule has 0 radical (unpaired) electrons. The van der Waals surface area contributed by atoms with Crippen molar-refractivity contribution in [2.45, 2.75) is 85.5 Å². The van der Waals surface area contributed by atoms with Crippen LogP contribution >= 0.6 is 34.0 Å². The normalized spacial score (nSPS) is 13.4. The first-order valence-electron chi connectivity index (χ1n) is 23.9. The Morgan fingerprint density at radius 1 is 0.632 bits per heavy atom. The van der Waals surface area contributed by atoms with Crippen LogP contribution in [-0.2, 0) is 11.2 Å². The zero-order chi connectivity index (χ0) is 47.7. The third kappa shape index (κ3) is 10.5. The van der Waals surface area contributed by atoms with Gasteiger partial charge in [-0.15, -0.1) is 34.0 Å². The number of hydrogen-bond acceptors (Lipinski definition) is 8. The average molecular weight is 956 g/mol. The predicted octanol–water partition coefficient (Wildman–Crippen LogP) is 16.6. The SMILES string of the molecule is CCCCC(CC)Cc1ccc(N(c2ccccc2)c2ccc(-c3ccc(-c4sc(-c5ccc(-c6ccc(/C=C(\C#N)C(=O)O)cc6)s5)c5c4C(=O)N(CC(CC)CCCC)C5=O)s3)cc2)cc1. The van der Waals surface area contributed by atoms with E-state index in [1.54, 1.807) is 40.9 Å². The van der Waals surface area contributed by atoms with E-state index in [4.69, 9.17) is 0 Å².